The minimum absolute atomic E-state index is 0.130. The minimum atomic E-state index is 0.130. The first-order chi connectivity index (χ1) is 23.1. The maximum absolute atomic E-state index is 7.07. The van der Waals surface area contributed by atoms with E-state index in [2.05, 4.69) is 141 Å². The average Bonchev–Trinajstić information content (AvgIpc) is 3.48. The van der Waals surface area contributed by atoms with Crippen molar-refractivity contribution in [2.45, 2.75) is 57.4 Å². The molecule has 47 heavy (non-hydrogen) atoms. The normalized spacial score (nSPS) is 24.5. The van der Waals surface area contributed by atoms with Crippen molar-refractivity contribution in [3.8, 4) is 0 Å². The molecule has 2 aliphatic rings. The molecule has 8 rings (SSSR count). The number of rotatable bonds is 5. The molecule has 5 aromatic carbocycles. The summed E-state index contributed by atoms with van der Waals surface area (Å²) in [5.74, 6) is 1.36. The summed E-state index contributed by atoms with van der Waals surface area (Å²) >= 11 is 7.07. The lowest BCUT2D eigenvalue weighted by atomic mass is 9.73. The second-order valence-electron chi connectivity index (χ2n) is 13.5. The molecule has 0 radical (unpaired) electrons. The first kappa shape index (κ1) is 30.0. The molecule has 3 heteroatoms. The van der Waals surface area contributed by atoms with Crippen LogP contribution in [0, 0.1) is 11.8 Å². The monoisotopic (exact) mass is 633 g/mol. The van der Waals surface area contributed by atoms with E-state index in [1.54, 1.807) is 0 Å². The van der Waals surface area contributed by atoms with Crippen molar-refractivity contribution in [1.82, 2.24) is 0 Å². The zero-order valence-corrected chi connectivity index (χ0v) is 27.8. The Bertz CT molecular complexity index is 2160. The highest BCUT2D eigenvalue weighted by atomic mass is 35.5. The summed E-state index contributed by atoms with van der Waals surface area (Å²) < 4.78 is 6.39. The second kappa shape index (κ2) is 12.7. The Balaban J connectivity index is 1.21. The van der Waals surface area contributed by atoms with Crippen molar-refractivity contribution < 1.29 is 4.42 Å². The number of hydrogen-bond donors (Lipinski definition) is 0. The van der Waals surface area contributed by atoms with Gasteiger partial charge in [-0.05, 0) is 94.8 Å². The van der Waals surface area contributed by atoms with Crippen molar-refractivity contribution >= 4 is 50.0 Å². The second-order valence-corrected chi connectivity index (χ2v) is 13.9. The van der Waals surface area contributed by atoms with E-state index in [-0.39, 0.29) is 17.9 Å². The molecule has 6 aromatic rings. The quantitative estimate of drug-likeness (QED) is 0.185. The Morgan fingerprint density at radius 3 is 2.23 bits per heavy atom. The van der Waals surface area contributed by atoms with Crippen LogP contribution in [0.1, 0.15) is 68.1 Å². The van der Waals surface area contributed by atoms with Crippen molar-refractivity contribution in [2.24, 2.45) is 16.8 Å². The van der Waals surface area contributed by atoms with E-state index >= 15 is 0 Å². The predicted octanol–water partition coefficient (Wildman–Crippen LogP) is 12.5. The lowest BCUT2D eigenvalue weighted by Crippen LogP contribution is -2.31. The number of halogens is 1. The largest absolute Gasteiger partial charge is 0.454 e. The zero-order valence-electron chi connectivity index (χ0n) is 27.1. The summed E-state index contributed by atoms with van der Waals surface area (Å²) in [5, 5.41) is 5.29. The van der Waals surface area contributed by atoms with Gasteiger partial charge in [-0.2, -0.15) is 0 Å². The zero-order chi connectivity index (χ0) is 31.9. The van der Waals surface area contributed by atoms with Crippen LogP contribution in [0.2, 0.25) is 5.02 Å². The molecule has 0 saturated heterocycles. The van der Waals surface area contributed by atoms with E-state index in [0.717, 1.165) is 47.6 Å². The Hall–Kier alpha value is -4.40. The first-order valence-electron chi connectivity index (χ1n) is 17.2. The van der Waals surface area contributed by atoms with Gasteiger partial charge in [0.1, 0.15) is 5.58 Å². The first-order valence-corrected chi connectivity index (χ1v) is 17.6. The van der Waals surface area contributed by atoms with Crippen LogP contribution in [0.15, 0.2) is 142 Å². The van der Waals surface area contributed by atoms with Gasteiger partial charge in [-0.25, -0.2) is 0 Å². The molecular weight excluding hydrogens is 594 g/mol. The summed E-state index contributed by atoms with van der Waals surface area (Å²) in [6, 6.07) is 39.2. The summed E-state index contributed by atoms with van der Waals surface area (Å²) in [6.45, 7) is 4.71. The SMILES string of the molecule is CC[C@@H]1/C(c2ccccc2)=N\C(C2=CCC(c3ccccc3)C=C2)[C@@H](C)CCC1c1cc(Cl)c2oc3cc4ccccc4cc3c2c1. The van der Waals surface area contributed by atoms with Gasteiger partial charge in [-0.3, -0.25) is 4.99 Å². The van der Waals surface area contributed by atoms with Crippen LogP contribution in [0.4, 0.5) is 0 Å². The molecule has 2 heterocycles. The molecule has 0 amide bonds. The van der Waals surface area contributed by atoms with Crippen LogP contribution in [0.5, 0.6) is 0 Å². The summed E-state index contributed by atoms with van der Waals surface area (Å²) in [4.78, 5) is 5.74. The van der Waals surface area contributed by atoms with Gasteiger partial charge in [0.2, 0.25) is 0 Å². The number of nitrogens with zero attached hydrogens (tertiary/aromatic N) is 1. The molecule has 1 aliphatic heterocycles. The molecule has 234 valence electrons. The maximum atomic E-state index is 7.07. The fourth-order valence-electron chi connectivity index (χ4n) is 8.10. The van der Waals surface area contributed by atoms with Crippen LogP contribution in [0.3, 0.4) is 0 Å². The molecule has 0 spiro atoms. The smallest absolute Gasteiger partial charge is 0.154 e. The maximum Gasteiger partial charge on any atom is 0.154 e. The van der Waals surface area contributed by atoms with E-state index in [1.165, 1.54) is 38.7 Å². The Morgan fingerprint density at radius 2 is 1.51 bits per heavy atom. The standard InChI is InChI=1S/C44H40ClNO/c1-3-36-37(35-25-39-38-24-33-16-10-11-17-34(33)27-41(38)47-44(39)40(45)26-35)23-18-28(2)42(46-43(36)31-14-8-5-9-15-31)32-21-19-30(20-22-32)29-12-6-4-7-13-29/h4-17,19,21-22,24-28,30,36-37,42H,3,18,20,23H2,1-2H3/b46-43-/t28-,30?,36-,37?,42?/m0/s1. The molecule has 1 aromatic heterocycles. The van der Waals surface area contributed by atoms with Crippen LogP contribution in [-0.4, -0.2) is 11.8 Å². The van der Waals surface area contributed by atoms with Gasteiger partial charge in [0.05, 0.1) is 11.1 Å². The van der Waals surface area contributed by atoms with Crippen molar-refractivity contribution in [3.63, 3.8) is 0 Å². The van der Waals surface area contributed by atoms with Crippen LogP contribution in [-0.2, 0) is 0 Å². The summed E-state index contributed by atoms with van der Waals surface area (Å²) in [6.07, 6.45) is 11.4. The average molecular weight is 634 g/mol. The molecule has 0 bridgehead atoms. The highest BCUT2D eigenvalue weighted by molar-refractivity contribution is 6.36. The van der Waals surface area contributed by atoms with Gasteiger partial charge in [0.25, 0.3) is 0 Å². The highest BCUT2D eigenvalue weighted by Gasteiger charge is 2.34. The van der Waals surface area contributed by atoms with E-state index in [9.17, 15) is 0 Å². The molecule has 0 N–H and O–H groups in total. The van der Waals surface area contributed by atoms with E-state index in [4.69, 9.17) is 21.0 Å². The fraction of sp³-hybridized carbons (Fsp3) is 0.250. The minimum Gasteiger partial charge on any atom is -0.454 e. The van der Waals surface area contributed by atoms with Crippen LogP contribution >= 0.6 is 11.6 Å². The lowest BCUT2D eigenvalue weighted by molar-refractivity contribution is 0.378. The Morgan fingerprint density at radius 1 is 0.787 bits per heavy atom. The molecule has 0 saturated carbocycles. The number of hydrogen-bond acceptors (Lipinski definition) is 2. The van der Waals surface area contributed by atoms with Crippen LogP contribution in [0.25, 0.3) is 32.7 Å². The molecule has 0 fully saturated rings. The number of fused-ring (bicyclic) bond motifs is 4. The summed E-state index contributed by atoms with van der Waals surface area (Å²) in [7, 11) is 0. The van der Waals surface area contributed by atoms with Gasteiger partial charge in [-0.1, -0.05) is 129 Å². The lowest BCUT2D eigenvalue weighted by Gasteiger charge is -2.35. The number of aliphatic imine (C=N–C) groups is 1. The van der Waals surface area contributed by atoms with Crippen molar-refractivity contribution in [3.05, 3.63) is 155 Å². The van der Waals surface area contributed by atoms with Gasteiger partial charge in [0.15, 0.2) is 5.58 Å². The van der Waals surface area contributed by atoms with E-state index in [1.807, 2.05) is 0 Å². The third-order valence-corrected chi connectivity index (χ3v) is 10.9. The van der Waals surface area contributed by atoms with Gasteiger partial charge < -0.3 is 4.42 Å². The number of furan rings is 1. The topological polar surface area (TPSA) is 25.5 Å². The predicted molar refractivity (Wildman–Crippen MR) is 199 cm³/mol. The van der Waals surface area contributed by atoms with Gasteiger partial charge in [0, 0.05) is 28.3 Å². The molecule has 2 nitrogen and oxygen atoms in total. The third-order valence-electron chi connectivity index (χ3n) is 10.6. The van der Waals surface area contributed by atoms with E-state index in [0.29, 0.717) is 16.9 Å². The molecular formula is C44H40ClNO. The van der Waals surface area contributed by atoms with Crippen LogP contribution < -0.4 is 0 Å². The number of allylic oxidation sites excluding steroid dienone is 2. The van der Waals surface area contributed by atoms with E-state index < -0.39 is 0 Å². The Kier molecular flexibility index (Phi) is 8.07. The number of benzene rings is 5. The molecule has 5 atom stereocenters. The van der Waals surface area contributed by atoms with Crippen molar-refractivity contribution in [1.29, 1.82) is 0 Å². The molecule has 1 aliphatic carbocycles. The summed E-state index contributed by atoms with van der Waals surface area (Å²) in [5.41, 5.74) is 8.10. The third kappa shape index (κ3) is 5.63. The van der Waals surface area contributed by atoms with Crippen molar-refractivity contribution in [2.75, 3.05) is 0 Å². The fourth-order valence-corrected chi connectivity index (χ4v) is 8.37. The Labute approximate surface area is 282 Å². The molecule has 3 unspecified atom stereocenters. The van der Waals surface area contributed by atoms with Gasteiger partial charge >= 0.3 is 0 Å². The highest BCUT2D eigenvalue weighted by Crippen LogP contribution is 2.44. The van der Waals surface area contributed by atoms with Gasteiger partial charge in [-0.15, -0.1) is 0 Å².